The van der Waals surface area contributed by atoms with E-state index in [0.717, 1.165) is 30.6 Å². The van der Waals surface area contributed by atoms with Crippen molar-refractivity contribution in [3.8, 4) is 0 Å². The van der Waals surface area contributed by atoms with Crippen LogP contribution in [0.4, 0.5) is 0 Å². The average molecular weight is 260 g/mol. The van der Waals surface area contributed by atoms with E-state index in [2.05, 4.69) is 20.8 Å². The van der Waals surface area contributed by atoms with Crippen molar-refractivity contribution < 1.29 is 9.32 Å². The number of aromatic nitrogens is 2. The summed E-state index contributed by atoms with van der Waals surface area (Å²) in [6.45, 7) is 4.65. The van der Waals surface area contributed by atoms with E-state index < -0.39 is 0 Å². The Morgan fingerprint density at radius 3 is 3.11 bits per heavy atom. The van der Waals surface area contributed by atoms with Crippen LogP contribution >= 0.6 is 0 Å². The predicted molar refractivity (Wildman–Crippen MR) is 69.9 cm³/mol. The zero-order valence-corrected chi connectivity index (χ0v) is 10.8. The Hall–Kier alpha value is -1.95. The number of fused-ring (bicyclic) bond motifs is 1. The van der Waals surface area contributed by atoms with E-state index in [4.69, 9.17) is 4.52 Å². The highest BCUT2D eigenvalue weighted by Crippen LogP contribution is 2.18. The maximum Gasteiger partial charge on any atom is 0.257 e. The molecule has 19 heavy (non-hydrogen) atoms. The SMILES string of the molecule is CCc1noc2ncc(C(=O)NCC3CNC3)cc12. The first-order chi connectivity index (χ1) is 9.28. The number of aryl methyl sites for hydroxylation is 1. The summed E-state index contributed by atoms with van der Waals surface area (Å²) in [5.41, 5.74) is 1.87. The lowest BCUT2D eigenvalue weighted by atomic mass is 10.0. The van der Waals surface area contributed by atoms with Crippen LogP contribution in [-0.2, 0) is 6.42 Å². The second-order valence-corrected chi connectivity index (χ2v) is 4.79. The van der Waals surface area contributed by atoms with E-state index in [0.29, 0.717) is 23.7 Å². The van der Waals surface area contributed by atoms with Crippen molar-refractivity contribution >= 4 is 17.0 Å². The fourth-order valence-electron chi connectivity index (χ4n) is 2.09. The lowest BCUT2D eigenvalue weighted by Crippen LogP contribution is -2.48. The average Bonchev–Trinajstić information content (AvgIpc) is 2.78. The lowest BCUT2D eigenvalue weighted by molar-refractivity contribution is 0.0942. The van der Waals surface area contributed by atoms with E-state index in [1.54, 1.807) is 6.07 Å². The third-order valence-corrected chi connectivity index (χ3v) is 3.42. The Kier molecular flexibility index (Phi) is 3.16. The number of carbonyl (C=O) groups excluding carboxylic acids is 1. The van der Waals surface area contributed by atoms with E-state index in [9.17, 15) is 4.79 Å². The highest BCUT2D eigenvalue weighted by atomic mass is 16.5. The van der Waals surface area contributed by atoms with Crippen molar-refractivity contribution in [3.63, 3.8) is 0 Å². The lowest BCUT2D eigenvalue weighted by Gasteiger charge is -2.27. The Morgan fingerprint density at radius 1 is 1.58 bits per heavy atom. The Morgan fingerprint density at radius 2 is 2.42 bits per heavy atom. The number of nitrogens with zero attached hydrogens (tertiary/aromatic N) is 2. The van der Waals surface area contributed by atoms with Gasteiger partial charge < -0.3 is 15.2 Å². The van der Waals surface area contributed by atoms with E-state index >= 15 is 0 Å². The fourth-order valence-corrected chi connectivity index (χ4v) is 2.09. The maximum atomic E-state index is 12.0. The third-order valence-electron chi connectivity index (χ3n) is 3.42. The van der Waals surface area contributed by atoms with Gasteiger partial charge in [0.05, 0.1) is 16.6 Å². The Balaban J connectivity index is 1.77. The molecule has 2 aromatic heterocycles. The number of carbonyl (C=O) groups is 1. The van der Waals surface area contributed by atoms with Crippen molar-refractivity contribution in [2.75, 3.05) is 19.6 Å². The van der Waals surface area contributed by atoms with Gasteiger partial charge in [-0.2, -0.15) is 0 Å². The molecule has 3 heterocycles. The summed E-state index contributed by atoms with van der Waals surface area (Å²) in [5, 5.41) is 10.9. The smallest absolute Gasteiger partial charge is 0.257 e. The molecule has 0 aliphatic carbocycles. The minimum absolute atomic E-state index is 0.0930. The molecular weight excluding hydrogens is 244 g/mol. The van der Waals surface area contributed by atoms with Gasteiger partial charge in [0.2, 0.25) is 0 Å². The molecule has 0 radical (unpaired) electrons. The Bertz CT molecular complexity index is 604. The van der Waals surface area contributed by atoms with Gasteiger partial charge in [-0.25, -0.2) is 4.98 Å². The van der Waals surface area contributed by atoms with Crippen LogP contribution in [0.15, 0.2) is 16.8 Å². The van der Waals surface area contributed by atoms with Crippen LogP contribution in [0.2, 0.25) is 0 Å². The monoisotopic (exact) mass is 260 g/mol. The van der Waals surface area contributed by atoms with Crippen LogP contribution in [0, 0.1) is 5.92 Å². The summed E-state index contributed by atoms with van der Waals surface area (Å²) in [6, 6.07) is 1.80. The summed E-state index contributed by atoms with van der Waals surface area (Å²) in [6.07, 6.45) is 2.29. The number of pyridine rings is 1. The topological polar surface area (TPSA) is 80.0 Å². The molecule has 1 saturated heterocycles. The van der Waals surface area contributed by atoms with Gasteiger partial charge in [-0.05, 0) is 12.5 Å². The van der Waals surface area contributed by atoms with Gasteiger partial charge >= 0.3 is 0 Å². The molecule has 0 bridgehead atoms. The van der Waals surface area contributed by atoms with Gasteiger partial charge in [-0.1, -0.05) is 12.1 Å². The largest absolute Gasteiger partial charge is 0.352 e. The van der Waals surface area contributed by atoms with E-state index in [-0.39, 0.29) is 5.91 Å². The second kappa shape index (κ2) is 4.97. The van der Waals surface area contributed by atoms with Crippen molar-refractivity contribution in [2.24, 2.45) is 5.92 Å². The van der Waals surface area contributed by atoms with Gasteiger partial charge in [0.1, 0.15) is 0 Å². The van der Waals surface area contributed by atoms with Gasteiger partial charge in [0.15, 0.2) is 0 Å². The summed E-state index contributed by atoms with van der Waals surface area (Å²) in [7, 11) is 0. The van der Waals surface area contributed by atoms with Crippen LogP contribution in [0.25, 0.3) is 11.1 Å². The first-order valence-corrected chi connectivity index (χ1v) is 6.51. The van der Waals surface area contributed by atoms with Crippen LogP contribution in [0.3, 0.4) is 0 Å². The van der Waals surface area contributed by atoms with Gasteiger partial charge in [-0.15, -0.1) is 0 Å². The molecule has 6 heteroatoms. The second-order valence-electron chi connectivity index (χ2n) is 4.79. The van der Waals surface area contributed by atoms with Gasteiger partial charge in [0, 0.05) is 31.7 Å². The molecule has 0 atom stereocenters. The van der Waals surface area contributed by atoms with Crippen molar-refractivity contribution in [3.05, 3.63) is 23.5 Å². The van der Waals surface area contributed by atoms with Gasteiger partial charge in [0.25, 0.3) is 11.6 Å². The third kappa shape index (κ3) is 2.31. The molecule has 100 valence electrons. The normalized spacial score (nSPS) is 15.4. The summed E-state index contributed by atoms with van der Waals surface area (Å²) >= 11 is 0. The molecule has 0 aromatic carbocycles. The van der Waals surface area contributed by atoms with E-state index in [1.807, 2.05) is 6.92 Å². The molecule has 6 nitrogen and oxygen atoms in total. The molecule has 1 aliphatic heterocycles. The van der Waals surface area contributed by atoms with Crippen molar-refractivity contribution in [1.82, 2.24) is 20.8 Å². The van der Waals surface area contributed by atoms with Crippen LogP contribution in [-0.4, -0.2) is 35.7 Å². The highest BCUT2D eigenvalue weighted by molar-refractivity contribution is 5.96. The minimum atomic E-state index is -0.0930. The number of hydrogen-bond donors (Lipinski definition) is 2. The fraction of sp³-hybridized carbons (Fsp3) is 0.462. The molecule has 3 rings (SSSR count). The predicted octanol–water partition coefficient (Wildman–Crippen LogP) is 0.734. The standard InChI is InChI=1S/C13H16N4O2/c1-2-11-10-3-9(7-16-13(10)19-17-11)12(18)15-6-8-4-14-5-8/h3,7-8,14H,2,4-6H2,1H3,(H,15,18). The van der Waals surface area contributed by atoms with Crippen molar-refractivity contribution in [2.45, 2.75) is 13.3 Å². The minimum Gasteiger partial charge on any atom is -0.352 e. The Labute approximate surface area is 110 Å². The van der Waals surface area contributed by atoms with Crippen molar-refractivity contribution in [1.29, 1.82) is 0 Å². The number of rotatable bonds is 4. The summed E-state index contributed by atoms with van der Waals surface area (Å²) in [5.74, 6) is 0.451. The number of nitrogens with one attached hydrogen (secondary N) is 2. The van der Waals surface area contributed by atoms with E-state index in [1.165, 1.54) is 6.20 Å². The molecular formula is C13H16N4O2. The molecule has 1 aliphatic rings. The molecule has 1 fully saturated rings. The number of amides is 1. The van der Waals surface area contributed by atoms with Gasteiger partial charge in [-0.3, -0.25) is 4.79 Å². The zero-order valence-electron chi connectivity index (χ0n) is 10.8. The molecule has 0 unspecified atom stereocenters. The number of hydrogen-bond acceptors (Lipinski definition) is 5. The van der Waals surface area contributed by atoms with Crippen LogP contribution in [0.5, 0.6) is 0 Å². The summed E-state index contributed by atoms with van der Waals surface area (Å²) in [4.78, 5) is 16.2. The first kappa shape index (κ1) is 12.1. The zero-order chi connectivity index (χ0) is 13.2. The quantitative estimate of drug-likeness (QED) is 0.847. The first-order valence-electron chi connectivity index (χ1n) is 6.51. The molecule has 2 N–H and O–H groups in total. The highest BCUT2D eigenvalue weighted by Gasteiger charge is 2.18. The molecule has 1 amide bonds. The molecule has 2 aromatic rings. The molecule has 0 spiro atoms. The van der Waals surface area contributed by atoms with Crippen LogP contribution < -0.4 is 10.6 Å². The van der Waals surface area contributed by atoms with Crippen LogP contribution in [0.1, 0.15) is 23.0 Å². The summed E-state index contributed by atoms with van der Waals surface area (Å²) < 4.78 is 5.10. The maximum absolute atomic E-state index is 12.0. The molecule has 0 saturated carbocycles.